The molecule has 1 aliphatic heterocycles. The molecule has 1 aromatic carbocycles. The van der Waals surface area contributed by atoms with Crippen molar-refractivity contribution in [3.63, 3.8) is 0 Å². The Morgan fingerprint density at radius 3 is 2.49 bits per heavy atom. The number of aliphatic carboxylic acids is 1. The van der Waals surface area contributed by atoms with Gasteiger partial charge in [0.05, 0.1) is 49.5 Å². The molecule has 5 aliphatic rings. The number of ether oxygens (including phenoxy) is 2. The third kappa shape index (κ3) is 5.73. The summed E-state index contributed by atoms with van der Waals surface area (Å²) in [6.45, 7) is 26.4. The number of allylic oxidation sites excluding steroid dienone is 1. The first-order valence-corrected chi connectivity index (χ1v) is 20.9. The summed E-state index contributed by atoms with van der Waals surface area (Å²) in [6.07, 6.45) is 9.25. The van der Waals surface area contributed by atoms with E-state index < -0.39 is 28.3 Å². The molecule has 4 fully saturated rings. The molecule has 4 aliphatic carbocycles. The summed E-state index contributed by atoms with van der Waals surface area (Å²) in [7, 11) is 0. The molecule has 9 heteroatoms. The maximum atomic E-state index is 13.7. The van der Waals surface area contributed by atoms with Gasteiger partial charge in [-0.2, -0.15) is 10.4 Å². The number of nitrogens with zero attached hydrogens (tertiary/aromatic N) is 4. The van der Waals surface area contributed by atoms with E-state index in [9.17, 15) is 15.2 Å². The molecule has 2 bridgehead atoms. The van der Waals surface area contributed by atoms with Crippen LogP contribution in [0.5, 0.6) is 0 Å². The Balaban J connectivity index is 1.41. The Morgan fingerprint density at radius 1 is 1.11 bits per heavy atom. The molecule has 55 heavy (non-hydrogen) atoms. The molecule has 0 spiro atoms. The van der Waals surface area contributed by atoms with Crippen molar-refractivity contribution >= 4 is 5.97 Å². The summed E-state index contributed by atoms with van der Waals surface area (Å²) < 4.78 is 16.3. The van der Waals surface area contributed by atoms with Crippen LogP contribution in [0.25, 0.3) is 11.4 Å². The second-order valence-electron chi connectivity index (χ2n) is 21.3. The molecule has 9 nitrogen and oxygen atoms in total. The molecule has 2 heterocycles. The number of carboxylic acids is 1. The Morgan fingerprint density at radius 2 is 1.84 bits per heavy atom. The molecule has 2 aromatic rings. The zero-order chi connectivity index (χ0) is 40.1. The SMILES string of the molecule is CC(C)[C@@H](C)[C@@]1(C)CC[C@]2(C)[C@H]3CC[C@@H]4[C@@]5(C)COC[C@@]4(C3=CC[C@@]2(C)[C@@H]1C(=O)O)[C@@H](OC[C@](C)(N)C(C)(C)C)[C@H](n1ncnc1-c1cccc(C#N)c1)C5. The van der Waals surface area contributed by atoms with Crippen LogP contribution in [-0.4, -0.2) is 57.3 Å². The average Bonchev–Trinajstić information content (AvgIpc) is 3.60. The third-order valence-electron chi connectivity index (χ3n) is 17.4. The number of carbonyl (C=O) groups is 1. The van der Waals surface area contributed by atoms with Gasteiger partial charge in [-0.15, -0.1) is 0 Å². The second kappa shape index (κ2) is 13.2. The summed E-state index contributed by atoms with van der Waals surface area (Å²) in [5.41, 5.74) is 7.52. The largest absolute Gasteiger partial charge is 0.481 e. The predicted molar refractivity (Wildman–Crippen MR) is 215 cm³/mol. The lowest BCUT2D eigenvalue weighted by molar-refractivity contribution is -0.255. The minimum atomic E-state index is -0.650. The van der Waals surface area contributed by atoms with Crippen molar-refractivity contribution in [2.45, 2.75) is 132 Å². The van der Waals surface area contributed by atoms with E-state index in [1.54, 1.807) is 6.33 Å². The van der Waals surface area contributed by atoms with Crippen LogP contribution >= 0.6 is 0 Å². The lowest BCUT2D eigenvalue weighted by Gasteiger charge is -2.71. The Kier molecular flexibility index (Phi) is 9.67. The number of carboxylic acid groups (broad SMARTS) is 1. The normalized spacial score (nSPS) is 40.1. The first-order chi connectivity index (χ1) is 25.6. The van der Waals surface area contributed by atoms with Gasteiger partial charge in [0.15, 0.2) is 5.82 Å². The summed E-state index contributed by atoms with van der Waals surface area (Å²) in [5, 5.41) is 26.0. The molecule has 0 unspecified atom stereocenters. The van der Waals surface area contributed by atoms with Gasteiger partial charge in [0.1, 0.15) is 6.33 Å². The van der Waals surface area contributed by atoms with E-state index in [-0.39, 0.29) is 45.6 Å². The fourth-order valence-electron chi connectivity index (χ4n) is 13.0. The van der Waals surface area contributed by atoms with Gasteiger partial charge >= 0.3 is 5.97 Å². The van der Waals surface area contributed by atoms with Crippen molar-refractivity contribution in [3.05, 3.63) is 47.8 Å². The van der Waals surface area contributed by atoms with E-state index in [4.69, 9.17) is 25.3 Å². The molecule has 1 aromatic heterocycles. The van der Waals surface area contributed by atoms with Crippen molar-refractivity contribution in [2.75, 3.05) is 19.8 Å². The standard InChI is InChI=1S/C46H67N5O4/c1-28(2)29(3)42(8)19-20-43(9)32-15-16-35-41(7)22-34(51-38(49-27-50-51)31-14-12-13-30(21-31)23-47)37(55-25-45(11,48)40(4,5)6)46(35,26-54-24-41)33(32)17-18-44(43,10)36(42)39(52)53/h12-14,17,21,27-29,32,34-37H,15-16,18-20,22,24-26,48H2,1-11H3,(H,52,53)/t29-,32+,34-,35-,36-,37+,41-,42-,43-,44+,45+,46+/m1/s1. The molecule has 1 saturated heterocycles. The predicted octanol–water partition coefficient (Wildman–Crippen LogP) is 9.10. The average molecular weight is 754 g/mol. The van der Waals surface area contributed by atoms with Crippen molar-refractivity contribution in [2.24, 2.45) is 67.8 Å². The smallest absolute Gasteiger partial charge is 0.307 e. The number of nitriles is 1. The summed E-state index contributed by atoms with van der Waals surface area (Å²) in [4.78, 5) is 18.5. The van der Waals surface area contributed by atoms with Gasteiger partial charge < -0.3 is 20.3 Å². The topological polar surface area (TPSA) is 136 Å². The molecule has 3 N–H and O–H groups in total. The quantitative estimate of drug-likeness (QED) is 0.255. The zero-order valence-corrected chi connectivity index (χ0v) is 35.4. The highest BCUT2D eigenvalue weighted by Crippen LogP contribution is 2.75. The van der Waals surface area contributed by atoms with Crippen LogP contribution in [0, 0.1) is 73.4 Å². The van der Waals surface area contributed by atoms with Gasteiger partial charge in [-0.3, -0.25) is 4.79 Å². The van der Waals surface area contributed by atoms with Gasteiger partial charge in [-0.05, 0) is 108 Å². The lowest BCUT2D eigenvalue weighted by atomic mass is 9.34. The van der Waals surface area contributed by atoms with Gasteiger partial charge in [0.2, 0.25) is 0 Å². The zero-order valence-electron chi connectivity index (χ0n) is 35.4. The minimum Gasteiger partial charge on any atom is -0.481 e. The summed E-state index contributed by atoms with van der Waals surface area (Å²) in [6, 6.07) is 9.72. The van der Waals surface area contributed by atoms with E-state index in [0.717, 1.165) is 43.5 Å². The number of fused-ring (bicyclic) bond motifs is 3. The number of nitrogens with two attached hydrogens (primary N) is 1. The molecule has 0 amide bonds. The Labute approximate surface area is 329 Å². The maximum Gasteiger partial charge on any atom is 0.307 e. The fraction of sp³-hybridized carbons (Fsp3) is 0.739. The maximum absolute atomic E-state index is 13.7. The van der Waals surface area contributed by atoms with Crippen molar-refractivity contribution in [1.82, 2.24) is 14.8 Å². The van der Waals surface area contributed by atoms with Gasteiger partial charge in [0, 0.05) is 16.5 Å². The molecule has 12 atom stereocenters. The molecule has 3 saturated carbocycles. The molecular formula is C46H67N5O4. The van der Waals surface area contributed by atoms with Crippen LogP contribution in [0.3, 0.4) is 0 Å². The van der Waals surface area contributed by atoms with Crippen LogP contribution in [-0.2, 0) is 14.3 Å². The van der Waals surface area contributed by atoms with Crippen LogP contribution < -0.4 is 5.73 Å². The van der Waals surface area contributed by atoms with Crippen molar-refractivity contribution in [1.29, 1.82) is 5.26 Å². The Bertz CT molecular complexity index is 1890. The Hall–Kier alpha value is -3.06. The van der Waals surface area contributed by atoms with E-state index in [1.165, 1.54) is 5.57 Å². The van der Waals surface area contributed by atoms with Crippen molar-refractivity contribution < 1.29 is 19.4 Å². The number of aromatic nitrogens is 3. The minimum absolute atomic E-state index is 0.161. The van der Waals surface area contributed by atoms with Gasteiger partial charge in [0.25, 0.3) is 0 Å². The van der Waals surface area contributed by atoms with Crippen LogP contribution in [0.15, 0.2) is 42.2 Å². The van der Waals surface area contributed by atoms with E-state index >= 15 is 0 Å². The van der Waals surface area contributed by atoms with E-state index in [2.05, 4.69) is 93.0 Å². The number of hydrogen-bond acceptors (Lipinski definition) is 7. The highest BCUT2D eigenvalue weighted by atomic mass is 16.5. The molecule has 0 radical (unpaired) electrons. The van der Waals surface area contributed by atoms with Gasteiger partial charge in [-0.1, -0.05) is 93.0 Å². The van der Waals surface area contributed by atoms with Crippen LogP contribution in [0.1, 0.15) is 126 Å². The number of benzene rings is 1. The monoisotopic (exact) mass is 754 g/mol. The first kappa shape index (κ1) is 40.1. The number of rotatable bonds is 8. The number of hydrogen-bond donors (Lipinski definition) is 2. The highest BCUT2D eigenvalue weighted by Gasteiger charge is 2.73. The summed E-state index contributed by atoms with van der Waals surface area (Å²) in [5.74, 6) is 0.773. The molecule has 7 rings (SSSR count). The van der Waals surface area contributed by atoms with Crippen LogP contribution in [0.4, 0.5) is 0 Å². The van der Waals surface area contributed by atoms with E-state index in [0.29, 0.717) is 43.6 Å². The lowest BCUT2D eigenvalue weighted by Crippen LogP contribution is -2.70. The van der Waals surface area contributed by atoms with Crippen LogP contribution in [0.2, 0.25) is 0 Å². The first-order valence-electron chi connectivity index (χ1n) is 20.9. The van der Waals surface area contributed by atoms with Gasteiger partial charge in [-0.25, -0.2) is 9.67 Å². The summed E-state index contributed by atoms with van der Waals surface area (Å²) >= 11 is 0. The molecular weight excluding hydrogens is 687 g/mol. The van der Waals surface area contributed by atoms with Crippen molar-refractivity contribution in [3.8, 4) is 17.5 Å². The second-order valence-corrected chi connectivity index (χ2v) is 21.3. The van der Waals surface area contributed by atoms with E-state index in [1.807, 2.05) is 24.3 Å². The fourth-order valence-corrected chi connectivity index (χ4v) is 13.0. The highest BCUT2D eigenvalue weighted by molar-refractivity contribution is 5.73. The molecule has 300 valence electrons. The third-order valence-corrected chi connectivity index (χ3v) is 17.4.